The Labute approximate surface area is 156 Å². The summed E-state index contributed by atoms with van der Waals surface area (Å²) in [5.41, 5.74) is 1.62. The highest BCUT2D eigenvalue weighted by molar-refractivity contribution is 6.30. The smallest absolute Gasteiger partial charge is 0.338 e. The molecular formula is C19H18ClNO5. The first-order valence-corrected chi connectivity index (χ1v) is 8.33. The van der Waals surface area contributed by atoms with Crippen LogP contribution in [0.5, 0.6) is 0 Å². The molecule has 1 N–H and O–H groups in total. The van der Waals surface area contributed by atoms with E-state index in [1.165, 1.54) is 0 Å². The summed E-state index contributed by atoms with van der Waals surface area (Å²) in [7, 11) is 0. The molecule has 0 aliphatic heterocycles. The Morgan fingerprint density at radius 2 is 1.62 bits per heavy atom. The van der Waals surface area contributed by atoms with Crippen molar-refractivity contribution < 1.29 is 23.9 Å². The maximum Gasteiger partial charge on any atom is 0.338 e. The second kappa shape index (κ2) is 9.58. The molecule has 2 rings (SSSR count). The summed E-state index contributed by atoms with van der Waals surface area (Å²) in [6.07, 6.45) is 0.0543. The van der Waals surface area contributed by atoms with Crippen LogP contribution in [0.2, 0.25) is 5.02 Å². The van der Waals surface area contributed by atoms with Crippen molar-refractivity contribution >= 4 is 35.1 Å². The Bertz CT molecular complexity index is 772. The van der Waals surface area contributed by atoms with Gasteiger partial charge >= 0.3 is 11.9 Å². The first-order valence-electron chi connectivity index (χ1n) is 7.95. The van der Waals surface area contributed by atoms with Gasteiger partial charge in [0, 0.05) is 10.7 Å². The number of anilines is 1. The molecule has 136 valence electrons. The van der Waals surface area contributed by atoms with E-state index >= 15 is 0 Å². The second-order valence-electron chi connectivity index (χ2n) is 5.31. The van der Waals surface area contributed by atoms with E-state index in [4.69, 9.17) is 21.1 Å². The van der Waals surface area contributed by atoms with Crippen molar-refractivity contribution in [3.05, 3.63) is 64.7 Å². The van der Waals surface area contributed by atoms with Crippen molar-refractivity contribution in [1.82, 2.24) is 0 Å². The van der Waals surface area contributed by atoms with Gasteiger partial charge in [0.15, 0.2) is 6.61 Å². The minimum absolute atomic E-state index is 0.0543. The molecule has 0 aromatic heterocycles. The number of rotatable bonds is 7. The quantitative estimate of drug-likeness (QED) is 0.751. The molecule has 26 heavy (non-hydrogen) atoms. The lowest BCUT2D eigenvalue weighted by Crippen LogP contribution is -2.21. The van der Waals surface area contributed by atoms with E-state index in [0.717, 1.165) is 5.56 Å². The number of esters is 2. The Morgan fingerprint density at radius 3 is 2.23 bits per heavy atom. The van der Waals surface area contributed by atoms with Gasteiger partial charge in [0.25, 0.3) is 5.91 Å². The van der Waals surface area contributed by atoms with Gasteiger partial charge < -0.3 is 14.8 Å². The van der Waals surface area contributed by atoms with Gasteiger partial charge in [0.05, 0.1) is 18.6 Å². The summed E-state index contributed by atoms with van der Waals surface area (Å²) < 4.78 is 9.82. The molecule has 1 amide bonds. The van der Waals surface area contributed by atoms with E-state index in [1.54, 1.807) is 55.5 Å². The van der Waals surface area contributed by atoms with Crippen LogP contribution in [0.15, 0.2) is 48.5 Å². The molecule has 2 aromatic rings. The van der Waals surface area contributed by atoms with Crippen LogP contribution in [0.4, 0.5) is 5.69 Å². The zero-order chi connectivity index (χ0) is 18.9. The Morgan fingerprint density at radius 1 is 0.962 bits per heavy atom. The van der Waals surface area contributed by atoms with Gasteiger partial charge in [0.2, 0.25) is 0 Å². The topological polar surface area (TPSA) is 81.7 Å². The van der Waals surface area contributed by atoms with Crippen LogP contribution in [-0.4, -0.2) is 31.1 Å². The maximum atomic E-state index is 11.8. The summed E-state index contributed by atoms with van der Waals surface area (Å²) in [4.78, 5) is 35.1. The third-order valence-corrected chi connectivity index (χ3v) is 3.56. The number of carbonyl (C=O) groups is 3. The van der Waals surface area contributed by atoms with E-state index < -0.39 is 24.5 Å². The lowest BCUT2D eigenvalue weighted by Gasteiger charge is -2.08. The Balaban J connectivity index is 1.78. The number of carbonyl (C=O) groups excluding carboxylic acids is 3. The molecule has 6 nitrogen and oxygen atoms in total. The fraction of sp³-hybridized carbons (Fsp3) is 0.211. The molecule has 0 saturated heterocycles. The van der Waals surface area contributed by atoms with Crippen LogP contribution in [-0.2, 0) is 25.5 Å². The number of ether oxygens (including phenoxy) is 2. The van der Waals surface area contributed by atoms with Crippen LogP contribution in [0.1, 0.15) is 22.8 Å². The molecule has 0 radical (unpaired) electrons. The van der Waals surface area contributed by atoms with Crippen LogP contribution in [0, 0.1) is 0 Å². The minimum Gasteiger partial charge on any atom is -0.462 e. The molecule has 0 aliphatic carbocycles. The van der Waals surface area contributed by atoms with Crippen molar-refractivity contribution in [2.75, 3.05) is 18.5 Å². The molecular weight excluding hydrogens is 358 g/mol. The third-order valence-electron chi connectivity index (χ3n) is 3.31. The van der Waals surface area contributed by atoms with Crippen molar-refractivity contribution in [1.29, 1.82) is 0 Å². The van der Waals surface area contributed by atoms with Crippen molar-refractivity contribution in [3.8, 4) is 0 Å². The summed E-state index contributed by atoms with van der Waals surface area (Å²) in [6, 6.07) is 13.0. The number of hydrogen-bond donors (Lipinski definition) is 1. The number of amides is 1. The molecule has 0 unspecified atom stereocenters. The van der Waals surface area contributed by atoms with E-state index in [2.05, 4.69) is 5.32 Å². The highest BCUT2D eigenvalue weighted by Gasteiger charge is 2.10. The molecule has 0 saturated carbocycles. The number of benzene rings is 2. The summed E-state index contributed by atoms with van der Waals surface area (Å²) in [6.45, 7) is 1.62. The van der Waals surface area contributed by atoms with Gasteiger partial charge in [-0.15, -0.1) is 0 Å². The highest BCUT2D eigenvalue weighted by atomic mass is 35.5. The fourth-order valence-corrected chi connectivity index (χ4v) is 2.19. The van der Waals surface area contributed by atoms with E-state index in [9.17, 15) is 14.4 Å². The zero-order valence-corrected chi connectivity index (χ0v) is 14.9. The van der Waals surface area contributed by atoms with Crippen LogP contribution in [0.25, 0.3) is 0 Å². The summed E-state index contributed by atoms with van der Waals surface area (Å²) in [5, 5.41) is 3.16. The maximum absolute atomic E-state index is 11.8. The lowest BCUT2D eigenvalue weighted by atomic mass is 10.1. The van der Waals surface area contributed by atoms with Gasteiger partial charge in [-0.25, -0.2) is 4.79 Å². The lowest BCUT2D eigenvalue weighted by molar-refractivity contribution is -0.146. The normalized spacial score (nSPS) is 10.1. The first-order chi connectivity index (χ1) is 12.5. The van der Waals surface area contributed by atoms with Gasteiger partial charge in [-0.2, -0.15) is 0 Å². The Kier molecular flexibility index (Phi) is 7.17. The average Bonchev–Trinajstić information content (AvgIpc) is 2.63. The zero-order valence-electron chi connectivity index (χ0n) is 14.2. The number of nitrogens with one attached hydrogen (secondary N) is 1. The predicted molar refractivity (Wildman–Crippen MR) is 97.1 cm³/mol. The molecule has 0 aliphatic rings. The van der Waals surface area contributed by atoms with Crippen molar-refractivity contribution in [2.45, 2.75) is 13.3 Å². The van der Waals surface area contributed by atoms with Crippen molar-refractivity contribution in [3.63, 3.8) is 0 Å². The molecule has 0 spiro atoms. The molecule has 0 atom stereocenters. The third kappa shape index (κ3) is 6.22. The van der Waals surface area contributed by atoms with Crippen molar-refractivity contribution in [2.24, 2.45) is 0 Å². The fourth-order valence-electron chi connectivity index (χ4n) is 2.07. The first kappa shape index (κ1) is 19.5. The molecule has 2 aromatic carbocycles. The molecule has 7 heteroatoms. The van der Waals surface area contributed by atoms with Gasteiger partial charge in [0.1, 0.15) is 0 Å². The molecule has 0 heterocycles. The SMILES string of the molecule is CCOC(=O)c1ccc(NC(=O)COC(=O)Cc2ccc(Cl)cc2)cc1. The van der Waals surface area contributed by atoms with E-state index in [-0.39, 0.29) is 6.42 Å². The van der Waals surface area contributed by atoms with E-state index in [1.807, 2.05) is 0 Å². The summed E-state index contributed by atoms with van der Waals surface area (Å²) in [5.74, 6) is -1.42. The average molecular weight is 376 g/mol. The monoisotopic (exact) mass is 375 g/mol. The van der Waals surface area contributed by atoms with Gasteiger partial charge in [-0.05, 0) is 48.9 Å². The van der Waals surface area contributed by atoms with E-state index in [0.29, 0.717) is 22.9 Å². The standard InChI is InChI=1S/C19H18ClNO5/c1-2-25-19(24)14-5-9-16(10-6-14)21-17(22)12-26-18(23)11-13-3-7-15(20)8-4-13/h3-10H,2,11-12H2,1H3,(H,21,22). The van der Waals surface area contributed by atoms with Crippen LogP contribution < -0.4 is 5.32 Å². The largest absolute Gasteiger partial charge is 0.462 e. The summed E-state index contributed by atoms with van der Waals surface area (Å²) >= 11 is 5.78. The molecule has 0 fully saturated rings. The Hall–Kier alpha value is -2.86. The number of halogens is 1. The van der Waals surface area contributed by atoms with Crippen LogP contribution >= 0.6 is 11.6 Å². The highest BCUT2D eigenvalue weighted by Crippen LogP contribution is 2.12. The number of hydrogen-bond acceptors (Lipinski definition) is 5. The minimum atomic E-state index is -0.514. The predicted octanol–water partition coefficient (Wildman–Crippen LogP) is 3.24. The van der Waals surface area contributed by atoms with Gasteiger partial charge in [-0.1, -0.05) is 23.7 Å². The van der Waals surface area contributed by atoms with Gasteiger partial charge in [-0.3, -0.25) is 9.59 Å². The van der Waals surface area contributed by atoms with Crippen LogP contribution in [0.3, 0.4) is 0 Å². The molecule has 0 bridgehead atoms. The second-order valence-corrected chi connectivity index (χ2v) is 5.75.